The van der Waals surface area contributed by atoms with Crippen LogP contribution in [0.2, 0.25) is 5.02 Å². The zero-order chi connectivity index (χ0) is 20.5. The molecule has 0 spiro atoms. The molecule has 152 valence electrons. The standard InChI is InChI=1S/C26H31ClN2/c1-28(18-19-29(2)21-22-10-9-15-25(27)20-22)17-16-26(23-11-5-3-6-12-23)24-13-7-4-8-14-24/h3-15,20,26H,16-19,21H2,1-2H3. The van der Waals surface area contributed by atoms with Gasteiger partial charge in [-0.1, -0.05) is 84.4 Å². The Bertz CT molecular complexity index is 811. The molecule has 3 aromatic rings. The Hall–Kier alpha value is -2.13. The van der Waals surface area contributed by atoms with Crippen molar-refractivity contribution in [3.63, 3.8) is 0 Å². The number of rotatable bonds is 10. The molecule has 3 aromatic carbocycles. The first-order valence-corrected chi connectivity index (χ1v) is 10.7. The van der Waals surface area contributed by atoms with Crippen molar-refractivity contribution >= 4 is 11.6 Å². The third-order valence-corrected chi connectivity index (χ3v) is 5.64. The third kappa shape index (κ3) is 7.01. The van der Waals surface area contributed by atoms with Gasteiger partial charge in [0, 0.05) is 30.6 Å². The Kier molecular flexibility index (Phi) is 8.30. The molecule has 0 saturated carbocycles. The molecule has 0 fully saturated rings. The number of halogens is 1. The maximum Gasteiger partial charge on any atom is 0.0409 e. The minimum Gasteiger partial charge on any atom is -0.305 e. The summed E-state index contributed by atoms with van der Waals surface area (Å²) in [6.07, 6.45) is 1.11. The van der Waals surface area contributed by atoms with Crippen LogP contribution in [0.25, 0.3) is 0 Å². The summed E-state index contributed by atoms with van der Waals surface area (Å²) in [5, 5.41) is 0.806. The van der Waals surface area contributed by atoms with Crippen LogP contribution in [-0.4, -0.2) is 43.5 Å². The molecule has 29 heavy (non-hydrogen) atoms. The lowest BCUT2D eigenvalue weighted by atomic mass is 9.88. The highest BCUT2D eigenvalue weighted by molar-refractivity contribution is 6.30. The second kappa shape index (κ2) is 11.2. The van der Waals surface area contributed by atoms with Crippen molar-refractivity contribution in [3.05, 3.63) is 107 Å². The van der Waals surface area contributed by atoms with Crippen LogP contribution >= 0.6 is 11.6 Å². The number of hydrogen-bond donors (Lipinski definition) is 0. The van der Waals surface area contributed by atoms with Crippen LogP contribution < -0.4 is 0 Å². The van der Waals surface area contributed by atoms with Gasteiger partial charge in [0.1, 0.15) is 0 Å². The van der Waals surface area contributed by atoms with E-state index in [1.54, 1.807) is 0 Å². The van der Waals surface area contributed by atoms with Gasteiger partial charge in [-0.2, -0.15) is 0 Å². The molecule has 0 saturated heterocycles. The summed E-state index contributed by atoms with van der Waals surface area (Å²) < 4.78 is 0. The SMILES string of the molecule is CN(CCC(c1ccccc1)c1ccccc1)CCN(C)Cc1cccc(Cl)c1. The Morgan fingerprint density at radius 1 is 0.690 bits per heavy atom. The highest BCUT2D eigenvalue weighted by atomic mass is 35.5. The summed E-state index contributed by atoms with van der Waals surface area (Å²) in [7, 11) is 4.39. The van der Waals surface area contributed by atoms with Crippen molar-refractivity contribution in [2.24, 2.45) is 0 Å². The zero-order valence-electron chi connectivity index (χ0n) is 17.5. The van der Waals surface area contributed by atoms with E-state index in [2.05, 4.69) is 90.6 Å². The maximum atomic E-state index is 6.10. The van der Waals surface area contributed by atoms with Crippen molar-refractivity contribution in [2.75, 3.05) is 33.7 Å². The average molecular weight is 407 g/mol. The van der Waals surface area contributed by atoms with E-state index in [1.807, 2.05) is 18.2 Å². The molecule has 0 bridgehead atoms. The summed E-state index contributed by atoms with van der Waals surface area (Å²) in [5.41, 5.74) is 4.05. The first-order chi connectivity index (χ1) is 14.1. The van der Waals surface area contributed by atoms with E-state index in [9.17, 15) is 0 Å². The Balaban J connectivity index is 1.51. The highest BCUT2D eigenvalue weighted by Gasteiger charge is 2.15. The molecule has 0 heterocycles. The van der Waals surface area contributed by atoms with Crippen molar-refractivity contribution in [2.45, 2.75) is 18.9 Å². The third-order valence-electron chi connectivity index (χ3n) is 5.41. The van der Waals surface area contributed by atoms with Gasteiger partial charge in [-0.05, 0) is 55.9 Å². The van der Waals surface area contributed by atoms with Gasteiger partial charge >= 0.3 is 0 Å². The van der Waals surface area contributed by atoms with Crippen molar-refractivity contribution in [3.8, 4) is 0 Å². The molecular formula is C26H31ClN2. The first kappa shape index (κ1) is 21.6. The molecule has 2 nitrogen and oxygen atoms in total. The van der Waals surface area contributed by atoms with Crippen molar-refractivity contribution in [1.82, 2.24) is 9.80 Å². The summed E-state index contributed by atoms with van der Waals surface area (Å²) in [5.74, 6) is 0.434. The lowest BCUT2D eigenvalue weighted by Crippen LogP contribution is -2.31. The first-order valence-electron chi connectivity index (χ1n) is 10.3. The Labute approximate surface area is 180 Å². The van der Waals surface area contributed by atoms with Gasteiger partial charge in [0.2, 0.25) is 0 Å². The van der Waals surface area contributed by atoms with E-state index in [0.29, 0.717) is 5.92 Å². The second-order valence-electron chi connectivity index (χ2n) is 7.83. The number of hydrogen-bond acceptors (Lipinski definition) is 2. The van der Waals surface area contributed by atoms with Crippen LogP contribution in [0, 0.1) is 0 Å². The Morgan fingerprint density at radius 2 is 1.28 bits per heavy atom. The van der Waals surface area contributed by atoms with Gasteiger partial charge in [-0.3, -0.25) is 0 Å². The molecule has 0 aliphatic heterocycles. The van der Waals surface area contributed by atoms with E-state index in [0.717, 1.165) is 37.6 Å². The molecule has 0 aliphatic carbocycles. The van der Waals surface area contributed by atoms with E-state index >= 15 is 0 Å². The summed E-state index contributed by atoms with van der Waals surface area (Å²) in [6, 6.07) is 29.8. The lowest BCUT2D eigenvalue weighted by Gasteiger charge is -2.25. The average Bonchev–Trinajstić information content (AvgIpc) is 2.74. The topological polar surface area (TPSA) is 6.48 Å². The quantitative estimate of drug-likeness (QED) is 0.412. The van der Waals surface area contributed by atoms with Gasteiger partial charge in [-0.25, -0.2) is 0 Å². The van der Waals surface area contributed by atoms with E-state index in [4.69, 9.17) is 11.6 Å². The number of benzene rings is 3. The van der Waals surface area contributed by atoms with E-state index < -0.39 is 0 Å². The summed E-state index contributed by atoms with van der Waals surface area (Å²) in [4.78, 5) is 4.79. The summed E-state index contributed by atoms with van der Waals surface area (Å²) in [6.45, 7) is 4.07. The largest absolute Gasteiger partial charge is 0.305 e. The van der Waals surface area contributed by atoms with E-state index in [1.165, 1.54) is 16.7 Å². The van der Waals surface area contributed by atoms with Gasteiger partial charge in [0.05, 0.1) is 0 Å². The van der Waals surface area contributed by atoms with Crippen LogP contribution in [0.3, 0.4) is 0 Å². The molecule has 0 radical (unpaired) electrons. The predicted octanol–water partition coefficient (Wildman–Crippen LogP) is 5.93. The van der Waals surface area contributed by atoms with E-state index in [-0.39, 0.29) is 0 Å². The smallest absolute Gasteiger partial charge is 0.0409 e. The highest BCUT2D eigenvalue weighted by Crippen LogP contribution is 2.27. The Morgan fingerprint density at radius 3 is 1.86 bits per heavy atom. The monoisotopic (exact) mass is 406 g/mol. The number of nitrogens with zero attached hydrogens (tertiary/aromatic N) is 2. The molecule has 0 atom stereocenters. The van der Waals surface area contributed by atoms with Gasteiger partial charge in [0.25, 0.3) is 0 Å². The minimum atomic E-state index is 0.434. The number of likely N-dealkylation sites (N-methyl/N-ethyl adjacent to an activating group) is 2. The predicted molar refractivity (Wildman–Crippen MR) is 125 cm³/mol. The van der Waals surface area contributed by atoms with Crippen LogP contribution in [0.1, 0.15) is 29.0 Å². The van der Waals surface area contributed by atoms with Crippen LogP contribution in [0.15, 0.2) is 84.9 Å². The lowest BCUT2D eigenvalue weighted by molar-refractivity contribution is 0.248. The molecule has 0 amide bonds. The maximum absolute atomic E-state index is 6.10. The fourth-order valence-corrected chi connectivity index (χ4v) is 3.94. The molecule has 0 aromatic heterocycles. The van der Waals surface area contributed by atoms with Crippen LogP contribution in [0.4, 0.5) is 0 Å². The molecule has 0 unspecified atom stereocenters. The molecule has 3 heteroatoms. The molecule has 0 aliphatic rings. The van der Waals surface area contributed by atoms with Crippen LogP contribution in [-0.2, 0) is 6.54 Å². The van der Waals surface area contributed by atoms with Gasteiger partial charge in [-0.15, -0.1) is 0 Å². The van der Waals surface area contributed by atoms with Crippen molar-refractivity contribution < 1.29 is 0 Å². The van der Waals surface area contributed by atoms with Crippen molar-refractivity contribution in [1.29, 1.82) is 0 Å². The minimum absolute atomic E-state index is 0.434. The second-order valence-corrected chi connectivity index (χ2v) is 8.27. The summed E-state index contributed by atoms with van der Waals surface area (Å²) >= 11 is 6.10. The van der Waals surface area contributed by atoms with Gasteiger partial charge in [0.15, 0.2) is 0 Å². The normalized spacial score (nSPS) is 11.5. The fourth-order valence-electron chi connectivity index (χ4n) is 3.73. The molecular weight excluding hydrogens is 376 g/mol. The fraction of sp³-hybridized carbons (Fsp3) is 0.308. The van der Waals surface area contributed by atoms with Gasteiger partial charge < -0.3 is 9.80 Å². The molecule has 3 rings (SSSR count). The zero-order valence-corrected chi connectivity index (χ0v) is 18.2. The van der Waals surface area contributed by atoms with Crippen LogP contribution in [0.5, 0.6) is 0 Å². The molecule has 0 N–H and O–H groups in total.